The summed E-state index contributed by atoms with van der Waals surface area (Å²) < 4.78 is 22.5. The Morgan fingerprint density at radius 3 is 2.52 bits per heavy atom. The van der Waals surface area contributed by atoms with Gasteiger partial charge < -0.3 is 34.1 Å². The van der Waals surface area contributed by atoms with Gasteiger partial charge in [0.1, 0.15) is 45.4 Å². The van der Waals surface area contributed by atoms with Crippen molar-refractivity contribution in [2.75, 3.05) is 52.7 Å². The SMILES string of the molecule is O=C(C[NH+]1CC[NH+](Cc2ccc3c(c2)OCO3)CC1)NC[C@H]1COc2ccccc2O1. The van der Waals surface area contributed by atoms with Gasteiger partial charge in [-0.05, 0) is 30.3 Å². The number of ether oxygens (including phenoxy) is 4. The first-order valence-corrected chi connectivity index (χ1v) is 10.9. The fourth-order valence-electron chi connectivity index (χ4n) is 4.33. The molecular weight excluding hydrogens is 398 g/mol. The van der Waals surface area contributed by atoms with Crippen LogP contribution >= 0.6 is 0 Å². The van der Waals surface area contributed by atoms with Crippen LogP contribution < -0.4 is 34.1 Å². The van der Waals surface area contributed by atoms with E-state index in [0.29, 0.717) is 26.5 Å². The highest BCUT2D eigenvalue weighted by Crippen LogP contribution is 2.32. The fraction of sp³-hybridized carbons (Fsp3) is 0.435. The first-order valence-electron chi connectivity index (χ1n) is 10.9. The van der Waals surface area contributed by atoms with Crippen LogP contribution in [-0.4, -0.2) is 64.7 Å². The van der Waals surface area contributed by atoms with Gasteiger partial charge in [-0.3, -0.25) is 4.79 Å². The minimum atomic E-state index is -0.156. The van der Waals surface area contributed by atoms with E-state index in [1.807, 2.05) is 30.3 Å². The lowest BCUT2D eigenvalue weighted by molar-refractivity contribution is -1.02. The van der Waals surface area contributed by atoms with E-state index in [2.05, 4.69) is 17.4 Å². The highest BCUT2D eigenvalue weighted by atomic mass is 16.7. The molecule has 2 aromatic carbocycles. The van der Waals surface area contributed by atoms with Gasteiger partial charge in [0.05, 0.1) is 6.54 Å². The van der Waals surface area contributed by atoms with E-state index in [-0.39, 0.29) is 12.0 Å². The molecule has 1 saturated heterocycles. The molecule has 0 unspecified atom stereocenters. The van der Waals surface area contributed by atoms with Crippen LogP contribution in [-0.2, 0) is 11.3 Å². The number of nitrogens with one attached hydrogen (secondary N) is 3. The Bertz CT molecular complexity index is 929. The third kappa shape index (κ3) is 4.86. The van der Waals surface area contributed by atoms with Crippen molar-refractivity contribution in [2.45, 2.75) is 12.6 Å². The number of hydrogen-bond acceptors (Lipinski definition) is 5. The van der Waals surface area contributed by atoms with Gasteiger partial charge in [0.2, 0.25) is 6.79 Å². The first kappa shape index (κ1) is 20.0. The number of hydrogen-bond donors (Lipinski definition) is 3. The van der Waals surface area contributed by atoms with Gasteiger partial charge in [-0.1, -0.05) is 12.1 Å². The summed E-state index contributed by atoms with van der Waals surface area (Å²) in [5.74, 6) is 3.23. The Balaban J connectivity index is 1.02. The van der Waals surface area contributed by atoms with Crippen molar-refractivity contribution in [3.8, 4) is 23.0 Å². The molecule has 8 nitrogen and oxygen atoms in total. The summed E-state index contributed by atoms with van der Waals surface area (Å²) in [5.41, 5.74) is 1.26. The van der Waals surface area contributed by atoms with Crippen LogP contribution in [0.5, 0.6) is 23.0 Å². The molecule has 1 amide bonds. The van der Waals surface area contributed by atoms with Gasteiger partial charge in [-0.2, -0.15) is 0 Å². The van der Waals surface area contributed by atoms with E-state index >= 15 is 0 Å². The van der Waals surface area contributed by atoms with Crippen molar-refractivity contribution in [2.24, 2.45) is 0 Å². The molecule has 8 heteroatoms. The summed E-state index contributed by atoms with van der Waals surface area (Å²) in [6.45, 7) is 6.77. The average Bonchev–Trinajstić information content (AvgIpc) is 3.27. The Labute approximate surface area is 181 Å². The van der Waals surface area contributed by atoms with E-state index in [1.54, 1.807) is 0 Å². The molecule has 1 atom stereocenters. The quantitative estimate of drug-likeness (QED) is 0.532. The van der Waals surface area contributed by atoms with Crippen LogP contribution in [0, 0.1) is 0 Å². The van der Waals surface area contributed by atoms with E-state index < -0.39 is 0 Å². The molecule has 3 heterocycles. The van der Waals surface area contributed by atoms with Crippen molar-refractivity contribution in [1.82, 2.24) is 5.32 Å². The lowest BCUT2D eigenvalue weighted by Gasteiger charge is -2.30. The topological polar surface area (TPSA) is 74.9 Å². The molecule has 5 rings (SSSR count). The lowest BCUT2D eigenvalue weighted by Crippen LogP contribution is -3.28. The molecule has 1 fully saturated rings. The smallest absolute Gasteiger partial charge is 0.275 e. The number of fused-ring (bicyclic) bond motifs is 2. The molecule has 0 aromatic heterocycles. The molecule has 2 aromatic rings. The molecule has 0 aliphatic carbocycles. The third-order valence-electron chi connectivity index (χ3n) is 6.06. The molecule has 3 aliphatic heterocycles. The number of benzene rings is 2. The van der Waals surface area contributed by atoms with Crippen LogP contribution in [0.4, 0.5) is 0 Å². The predicted octanol–water partition coefficient (Wildman–Crippen LogP) is -1.35. The lowest BCUT2D eigenvalue weighted by atomic mass is 10.1. The Hall–Kier alpha value is -2.97. The number of carbonyl (C=O) groups is 1. The summed E-state index contributed by atoms with van der Waals surface area (Å²) in [6.07, 6.45) is -0.156. The van der Waals surface area contributed by atoms with Crippen molar-refractivity contribution >= 4 is 5.91 Å². The molecular formula is C23H29N3O5+2. The highest BCUT2D eigenvalue weighted by Gasteiger charge is 2.26. The second-order valence-electron chi connectivity index (χ2n) is 8.34. The van der Waals surface area contributed by atoms with Gasteiger partial charge in [0.25, 0.3) is 5.91 Å². The number of carbonyl (C=O) groups excluding carboxylic acids is 1. The van der Waals surface area contributed by atoms with Gasteiger partial charge >= 0.3 is 0 Å². The largest absolute Gasteiger partial charge is 0.486 e. The Morgan fingerprint density at radius 2 is 1.65 bits per heavy atom. The normalized spacial score (nSPS) is 23.9. The van der Waals surface area contributed by atoms with Crippen molar-refractivity contribution in [1.29, 1.82) is 0 Å². The maximum atomic E-state index is 12.4. The minimum Gasteiger partial charge on any atom is -0.486 e. The number of amides is 1. The van der Waals surface area contributed by atoms with Crippen molar-refractivity contribution < 1.29 is 33.5 Å². The zero-order valence-electron chi connectivity index (χ0n) is 17.5. The van der Waals surface area contributed by atoms with Crippen LogP contribution in [0.15, 0.2) is 42.5 Å². The molecule has 0 bridgehead atoms. The maximum Gasteiger partial charge on any atom is 0.275 e. The zero-order valence-corrected chi connectivity index (χ0v) is 17.5. The Kier molecular flexibility index (Phi) is 5.82. The first-order chi connectivity index (χ1) is 15.2. The molecule has 31 heavy (non-hydrogen) atoms. The van der Waals surface area contributed by atoms with E-state index in [1.165, 1.54) is 15.4 Å². The van der Waals surface area contributed by atoms with E-state index in [9.17, 15) is 4.79 Å². The molecule has 0 saturated carbocycles. The predicted molar refractivity (Wildman–Crippen MR) is 112 cm³/mol. The second kappa shape index (κ2) is 9.03. The summed E-state index contributed by atoms with van der Waals surface area (Å²) in [4.78, 5) is 15.3. The number of rotatable bonds is 6. The second-order valence-corrected chi connectivity index (χ2v) is 8.34. The zero-order chi connectivity index (χ0) is 21.0. The van der Waals surface area contributed by atoms with Crippen molar-refractivity contribution in [3.63, 3.8) is 0 Å². The summed E-state index contributed by atoms with van der Waals surface area (Å²) in [5, 5.41) is 3.01. The molecule has 3 N–H and O–H groups in total. The summed E-state index contributed by atoms with van der Waals surface area (Å²) in [7, 11) is 0. The van der Waals surface area contributed by atoms with E-state index in [4.69, 9.17) is 18.9 Å². The maximum absolute atomic E-state index is 12.4. The molecule has 164 valence electrons. The van der Waals surface area contributed by atoms with Gasteiger partial charge in [0.15, 0.2) is 29.5 Å². The summed E-state index contributed by atoms with van der Waals surface area (Å²) in [6, 6.07) is 13.8. The van der Waals surface area contributed by atoms with Crippen molar-refractivity contribution in [3.05, 3.63) is 48.0 Å². The molecule has 3 aliphatic rings. The van der Waals surface area contributed by atoms with Gasteiger partial charge in [-0.25, -0.2) is 0 Å². The highest BCUT2D eigenvalue weighted by molar-refractivity contribution is 5.76. The Morgan fingerprint density at radius 1 is 0.903 bits per heavy atom. The average molecular weight is 428 g/mol. The van der Waals surface area contributed by atoms with Gasteiger partial charge in [-0.15, -0.1) is 0 Å². The minimum absolute atomic E-state index is 0.0664. The van der Waals surface area contributed by atoms with Gasteiger partial charge in [0, 0.05) is 5.56 Å². The monoisotopic (exact) mass is 427 g/mol. The fourth-order valence-corrected chi connectivity index (χ4v) is 4.33. The third-order valence-corrected chi connectivity index (χ3v) is 6.06. The van der Waals surface area contributed by atoms with E-state index in [0.717, 1.165) is 55.7 Å². The number of para-hydroxylation sites is 2. The standard InChI is InChI=1S/C23H27N3O5/c27-23(24-12-18-15-28-19-3-1-2-4-21(19)31-18)14-26-9-7-25(8-10-26)13-17-5-6-20-22(11-17)30-16-29-20/h1-6,11,18H,7-10,12-16H2,(H,24,27)/p+2/t18-/m0/s1. The molecule has 0 spiro atoms. The van der Waals surface area contributed by atoms with Crippen LogP contribution in [0.2, 0.25) is 0 Å². The molecule has 0 radical (unpaired) electrons. The van der Waals surface area contributed by atoms with Crippen LogP contribution in [0.25, 0.3) is 0 Å². The summed E-state index contributed by atoms with van der Waals surface area (Å²) >= 11 is 0. The number of piperazine rings is 1. The number of quaternary nitrogens is 2. The van der Waals surface area contributed by atoms with Crippen LogP contribution in [0.3, 0.4) is 0 Å². The van der Waals surface area contributed by atoms with Crippen LogP contribution in [0.1, 0.15) is 5.56 Å².